The number of hydrogen-bond acceptors (Lipinski definition) is 3. The van der Waals surface area contributed by atoms with Crippen molar-refractivity contribution in [3.8, 4) is 0 Å². The van der Waals surface area contributed by atoms with Crippen LogP contribution in [0.3, 0.4) is 0 Å². The fraction of sp³-hybridized carbons (Fsp3) is 0.692. The van der Waals surface area contributed by atoms with E-state index in [0.717, 1.165) is 12.0 Å². The predicted octanol–water partition coefficient (Wildman–Crippen LogP) is 4.90. The summed E-state index contributed by atoms with van der Waals surface area (Å²) < 4.78 is 0. The Morgan fingerprint density at radius 1 is 1.19 bits per heavy atom. The van der Waals surface area contributed by atoms with E-state index in [1.807, 2.05) is 44.7 Å². The first-order valence-corrected chi connectivity index (χ1v) is 12.5. The van der Waals surface area contributed by atoms with Crippen LogP contribution in [0.1, 0.15) is 78.2 Å². The molecule has 0 spiro atoms. The smallest absolute Gasteiger partial charge is 0.245 e. The fourth-order valence-corrected chi connectivity index (χ4v) is 5.49. The number of halogens is 1. The molecule has 0 aromatic heterocycles. The molecule has 3 rings (SSSR count). The van der Waals surface area contributed by atoms with Crippen LogP contribution in [-0.4, -0.2) is 41.0 Å². The molecular weight excluding hydrogens is 424 g/mol. The summed E-state index contributed by atoms with van der Waals surface area (Å²) in [6.07, 6.45) is 6.82. The van der Waals surface area contributed by atoms with Crippen LogP contribution in [0.4, 0.5) is 0 Å². The molecule has 1 aromatic rings. The number of likely N-dealkylation sites (tertiary alicyclic amines) is 1. The number of benzene rings is 1. The molecule has 1 saturated carbocycles. The van der Waals surface area contributed by atoms with Crippen molar-refractivity contribution in [1.82, 2.24) is 10.2 Å². The molecule has 1 aromatic carbocycles. The van der Waals surface area contributed by atoms with Gasteiger partial charge in [0, 0.05) is 29.9 Å². The van der Waals surface area contributed by atoms with Gasteiger partial charge in [0.05, 0.1) is 5.60 Å². The first-order valence-electron chi connectivity index (χ1n) is 12.1. The Bertz CT molecular complexity index is 802. The van der Waals surface area contributed by atoms with E-state index < -0.39 is 17.1 Å². The lowest BCUT2D eigenvalue weighted by Gasteiger charge is -2.51. The molecular formula is C26H39ClN2O3. The highest BCUT2D eigenvalue weighted by Crippen LogP contribution is 2.46. The van der Waals surface area contributed by atoms with E-state index in [0.29, 0.717) is 36.9 Å². The number of nitrogens with zero attached hydrogens (tertiary/aromatic N) is 1. The SMILES string of the molecule is CC(C)[C@@H](NC(=O)CCC1CCCC1)C(=O)N1CC[C@](O)(c2ccc(Cl)cc2)C(C)(C)C1. The van der Waals surface area contributed by atoms with Crippen LogP contribution in [0.15, 0.2) is 24.3 Å². The van der Waals surface area contributed by atoms with Gasteiger partial charge < -0.3 is 15.3 Å². The van der Waals surface area contributed by atoms with Crippen LogP contribution < -0.4 is 5.32 Å². The minimum Gasteiger partial charge on any atom is -0.384 e. The number of carbonyl (C=O) groups is 2. The van der Waals surface area contributed by atoms with Crippen molar-refractivity contribution in [1.29, 1.82) is 0 Å². The topological polar surface area (TPSA) is 69.6 Å². The zero-order valence-corrected chi connectivity index (χ0v) is 20.8. The van der Waals surface area contributed by atoms with Crippen LogP contribution in [0.25, 0.3) is 0 Å². The Morgan fingerprint density at radius 3 is 2.38 bits per heavy atom. The second-order valence-corrected chi connectivity index (χ2v) is 11.2. The van der Waals surface area contributed by atoms with Crippen LogP contribution in [0.5, 0.6) is 0 Å². The van der Waals surface area contributed by atoms with Crippen LogP contribution in [0, 0.1) is 17.3 Å². The number of hydrogen-bond donors (Lipinski definition) is 2. The molecule has 2 atom stereocenters. The minimum absolute atomic E-state index is 0.00174. The number of nitrogens with one attached hydrogen (secondary N) is 1. The van der Waals surface area contributed by atoms with Gasteiger partial charge in [0.1, 0.15) is 6.04 Å². The predicted molar refractivity (Wildman–Crippen MR) is 128 cm³/mol. The first-order chi connectivity index (χ1) is 15.0. The van der Waals surface area contributed by atoms with Gasteiger partial charge in [0.2, 0.25) is 11.8 Å². The van der Waals surface area contributed by atoms with Gasteiger partial charge in [-0.05, 0) is 42.4 Å². The minimum atomic E-state index is -1.05. The van der Waals surface area contributed by atoms with Gasteiger partial charge in [0.25, 0.3) is 0 Å². The highest BCUT2D eigenvalue weighted by Gasteiger charge is 2.50. The third-order valence-corrected chi connectivity index (χ3v) is 7.84. The second kappa shape index (κ2) is 10.1. The molecule has 178 valence electrons. The van der Waals surface area contributed by atoms with E-state index in [-0.39, 0.29) is 17.7 Å². The third-order valence-electron chi connectivity index (χ3n) is 7.59. The van der Waals surface area contributed by atoms with Crippen LogP contribution >= 0.6 is 11.6 Å². The van der Waals surface area contributed by atoms with Crippen LogP contribution in [-0.2, 0) is 15.2 Å². The zero-order chi connectivity index (χ0) is 23.5. The monoisotopic (exact) mass is 462 g/mol. The van der Waals surface area contributed by atoms with Crippen molar-refractivity contribution in [3.63, 3.8) is 0 Å². The number of carbonyl (C=O) groups excluding carboxylic acids is 2. The number of piperidine rings is 1. The van der Waals surface area contributed by atoms with Crippen LogP contribution in [0.2, 0.25) is 5.02 Å². The quantitative estimate of drug-likeness (QED) is 0.605. The molecule has 2 N–H and O–H groups in total. The molecule has 5 nitrogen and oxygen atoms in total. The van der Waals surface area contributed by atoms with E-state index >= 15 is 0 Å². The summed E-state index contributed by atoms with van der Waals surface area (Å²) in [7, 11) is 0. The van der Waals surface area contributed by atoms with Crippen molar-refractivity contribution < 1.29 is 14.7 Å². The Balaban J connectivity index is 1.65. The maximum atomic E-state index is 13.4. The largest absolute Gasteiger partial charge is 0.384 e. The van der Waals surface area contributed by atoms with Gasteiger partial charge in [-0.1, -0.05) is 77.1 Å². The average molecular weight is 463 g/mol. The molecule has 2 aliphatic rings. The lowest BCUT2D eigenvalue weighted by Crippen LogP contribution is -2.60. The maximum absolute atomic E-state index is 13.4. The number of rotatable bonds is 7. The van der Waals surface area contributed by atoms with E-state index in [4.69, 9.17) is 11.6 Å². The fourth-order valence-electron chi connectivity index (χ4n) is 5.36. The van der Waals surface area contributed by atoms with Crippen molar-refractivity contribution in [2.75, 3.05) is 13.1 Å². The second-order valence-electron chi connectivity index (χ2n) is 10.7. The summed E-state index contributed by atoms with van der Waals surface area (Å²) in [4.78, 5) is 27.9. The Morgan fingerprint density at radius 2 is 1.81 bits per heavy atom. The number of amides is 2. The third kappa shape index (κ3) is 5.48. The van der Waals surface area contributed by atoms with Gasteiger partial charge in [-0.2, -0.15) is 0 Å². The number of aliphatic hydroxyl groups is 1. The average Bonchev–Trinajstić information content (AvgIpc) is 3.26. The highest BCUT2D eigenvalue weighted by molar-refractivity contribution is 6.30. The summed E-state index contributed by atoms with van der Waals surface area (Å²) in [6.45, 7) is 8.80. The van der Waals surface area contributed by atoms with E-state index in [1.54, 1.807) is 12.1 Å². The maximum Gasteiger partial charge on any atom is 0.245 e. The summed E-state index contributed by atoms with van der Waals surface area (Å²) in [6, 6.07) is 6.77. The van der Waals surface area contributed by atoms with Gasteiger partial charge in [-0.25, -0.2) is 0 Å². The highest BCUT2D eigenvalue weighted by atomic mass is 35.5. The van der Waals surface area contributed by atoms with Crippen molar-refractivity contribution >= 4 is 23.4 Å². The molecule has 1 aliphatic heterocycles. The van der Waals surface area contributed by atoms with Crippen molar-refractivity contribution in [3.05, 3.63) is 34.9 Å². The van der Waals surface area contributed by atoms with E-state index in [9.17, 15) is 14.7 Å². The van der Waals surface area contributed by atoms with Gasteiger partial charge in [-0.3, -0.25) is 9.59 Å². The normalized spacial score (nSPS) is 24.5. The summed E-state index contributed by atoms with van der Waals surface area (Å²) in [5.41, 5.74) is -0.783. The molecule has 0 radical (unpaired) electrons. The van der Waals surface area contributed by atoms with E-state index in [1.165, 1.54) is 25.7 Å². The molecule has 32 heavy (non-hydrogen) atoms. The molecule has 1 saturated heterocycles. The first kappa shape index (κ1) is 25.0. The van der Waals surface area contributed by atoms with Gasteiger partial charge >= 0.3 is 0 Å². The zero-order valence-electron chi connectivity index (χ0n) is 20.0. The lowest BCUT2D eigenvalue weighted by molar-refractivity contribution is -0.156. The molecule has 1 heterocycles. The molecule has 1 aliphatic carbocycles. The lowest BCUT2D eigenvalue weighted by atomic mass is 9.66. The standard InChI is InChI=1S/C26H39ClN2O3/c1-18(2)23(28-22(30)14-9-19-7-5-6-8-19)24(31)29-16-15-26(32,25(3,4)17-29)20-10-12-21(27)13-11-20/h10-13,18-19,23,32H,5-9,14-17H2,1-4H3,(H,28,30)/t23-,26+/m1/s1. The summed E-state index contributed by atoms with van der Waals surface area (Å²) in [5.74, 6) is 0.568. The summed E-state index contributed by atoms with van der Waals surface area (Å²) >= 11 is 6.03. The summed E-state index contributed by atoms with van der Waals surface area (Å²) in [5, 5.41) is 15.2. The van der Waals surface area contributed by atoms with Crippen molar-refractivity contribution in [2.45, 2.75) is 84.3 Å². The Kier molecular flexibility index (Phi) is 7.93. The Labute approximate surface area is 197 Å². The molecule has 0 unspecified atom stereocenters. The molecule has 2 fully saturated rings. The van der Waals surface area contributed by atoms with Crippen molar-refractivity contribution in [2.24, 2.45) is 17.3 Å². The molecule has 0 bridgehead atoms. The van der Waals surface area contributed by atoms with E-state index in [2.05, 4.69) is 5.32 Å². The molecule has 6 heteroatoms. The van der Waals surface area contributed by atoms with Gasteiger partial charge in [-0.15, -0.1) is 0 Å². The van der Waals surface area contributed by atoms with Gasteiger partial charge in [0.15, 0.2) is 0 Å². The molecule has 2 amide bonds. The Hall–Kier alpha value is -1.59.